The van der Waals surface area contributed by atoms with Crippen molar-refractivity contribution < 1.29 is 22.7 Å². The van der Waals surface area contributed by atoms with Gasteiger partial charge < -0.3 is 21.1 Å². The van der Waals surface area contributed by atoms with Crippen LogP contribution in [0.4, 0.5) is 18.9 Å². The minimum Gasteiger partial charge on any atom is -0.481 e. The monoisotopic (exact) mass is 430 g/mol. The Morgan fingerprint density at radius 2 is 1.93 bits per heavy atom. The Balaban J connectivity index is 0.00000338. The molecule has 27 heavy (non-hydrogen) atoms. The number of fused-ring (bicyclic) bond motifs is 1. The van der Waals surface area contributed by atoms with Gasteiger partial charge in [-0.1, -0.05) is 6.07 Å². The van der Waals surface area contributed by atoms with Crippen molar-refractivity contribution in [3.63, 3.8) is 0 Å². The van der Waals surface area contributed by atoms with Crippen molar-refractivity contribution in [1.82, 2.24) is 10.6 Å². The molecule has 1 atom stereocenters. The second kappa shape index (κ2) is 11.2. The lowest BCUT2D eigenvalue weighted by molar-refractivity contribution is -0.173. The number of nitrogens with one attached hydrogen (secondary N) is 2. The first-order valence-corrected chi connectivity index (χ1v) is 7.97. The fourth-order valence-corrected chi connectivity index (χ4v) is 2.25. The standard InChI is InChI=1S/C16H21F3N4O2.2ClH/c1-10-14(20)23-12-8-11(4-5-13(12)25-10)9-21-6-2-3-7-22-15(24)16(17,18)19;;/h4-5,8,10,21H,2-3,6-7,9H2,1H3,(H2,20,23)(H,22,24);2*1H. The SMILES string of the molecule is CC1Oc2ccc(CNCCCCNC(=O)C(F)(F)F)cc2N=C1N.Cl.Cl. The molecule has 6 nitrogen and oxygen atoms in total. The van der Waals surface area contributed by atoms with Gasteiger partial charge in [0.1, 0.15) is 17.3 Å². The summed E-state index contributed by atoms with van der Waals surface area (Å²) in [5, 5.41) is 5.03. The second-order valence-electron chi connectivity index (χ2n) is 5.74. The molecule has 11 heteroatoms. The number of rotatable bonds is 7. The van der Waals surface area contributed by atoms with E-state index in [1.807, 2.05) is 30.4 Å². The van der Waals surface area contributed by atoms with Gasteiger partial charge in [0.15, 0.2) is 6.10 Å². The number of aliphatic imine (C=N–C) groups is 1. The quantitative estimate of drug-likeness (QED) is 0.580. The van der Waals surface area contributed by atoms with E-state index >= 15 is 0 Å². The highest BCUT2D eigenvalue weighted by Crippen LogP contribution is 2.32. The third-order valence-corrected chi connectivity index (χ3v) is 3.65. The number of hydrogen-bond acceptors (Lipinski definition) is 5. The lowest BCUT2D eigenvalue weighted by Crippen LogP contribution is -2.37. The third-order valence-electron chi connectivity index (χ3n) is 3.65. The number of carbonyl (C=O) groups is 1. The molecule has 1 aromatic carbocycles. The lowest BCUT2D eigenvalue weighted by Gasteiger charge is -2.21. The lowest BCUT2D eigenvalue weighted by atomic mass is 10.1. The fraction of sp³-hybridized carbons (Fsp3) is 0.500. The molecule has 0 fully saturated rings. The number of hydrogen-bond donors (Lipinski definition) is 3. The molecule has 0 saturated carbocycles. The Hall–Kier alpha value is -1.71. The molecule has 0 saturated heterocycles. The molecule has 0 bridgehead atoms. The van der Waals surface area contributed by atoms with E-state index < -0.39 is 12.1 Å². The van der Waals surface area contributed by atoms with Gasteiger partial charge in [0.05, 0.1) is 0 Å². The second-order valence-corrected chi connectivity index (χ2v) is 5.74. The first kappa shape index (κ1) is 25.3. The number of amidine groups is 1. The summed E-state index contributed by atoms with van der Waals surface area (Å²) in [5.41, 5.74) is 7.45. The van der Waals surface area contributed by atoms with Crippen LogP contribution in [0.3, 0.4) is 0 Å². The number of alkyl halides is 3. The van der Waals surface area contributed by atoms with E-state index in [0.29, 0.717) is 43.2 Å². The van der Waals surface area contributed by atoms with Crippen molar-refractivity contribution in [2.45, 2.75) is 38.6 Å². The summed E-state index contributed by atoms with van der Waals surface area (Å²) in [4.78, 5) is 14.9. The Kier molecular flexibility index (Phi) is 10.5. The van der Waals surface area contributed by atoms with Crippen LogP contribution in [0.25, 0.3) is 0 Å². The van der Waals surface area contributed by atoms with Gasteiger partial charge in [0.2, 0.25) is 0 Å². The summed E-state index contributed by atoms with van der Waals surface area (Å²) in [6.07, 6.45) is -3.95. The predicted octanol–water partition coefficient (Wildman–Crippen LogP) is 2.85. The number of carbonyl (C=O) groups excluding carboxylic acids is 1. The molecular formula is C16H23Cl2F3N4O2. The van der Waals surface area contributed by atoms with E-state index in [0.717, 1.165) is 5.56 Å². The van der Waals surface area contributed by atoms with Crippen LogP contribution in [0.15, 0.2) is 23.2 Å². The fourth-order valence-electron chi connectivity index (χ4n) is 2.25. The molecule has 154 valence electrons. The van der Waals surface area contributed by atoms with E-state index in [4.69, 9.17) is 10.5 Å². The van der Waals surface area contributed by atoms with Crippen molar-refractivity contribution >= 4 is 42.2 Å². The first-order valence-electron chi connectivity index (χ1n) is 7.97. The number of nitrogens with zero attached hydrogens (tertiary/aromatic N) is 1. The van der Waals surface area contributed by atoms with E-state index in [-0.39, 0.29) is 37.5 Å². The maximum Gasteiger partial charge on any atom is 0.471 e. The maximum atomic E-state index is 12.0. The summed E-state index contributed by atoms with van der Waals surface area (Å²) in [6, 6.07) is 5.63. The van der Waals surface area contributed by atoms with Crippen LogP contribution in [0.5, 0.6) is 5.75 Å². The number of nitrogens with two attached hydrogens (primary N) is 1. The topological polar surface area (TPSA) is 88.7 Å². The normalized spacial score (nSPS) is 15.4. The average molecular weight is 431 g/mol. The highest BCUT2D eigenvalue weighted by Gasteiger charge is 2.38. The van der Waals surface area contributed by atoms with Gasteiger partial charge in [0, 0.05) is 13.1 Å². The maximum absolute atomic E-state index is 12.0. The summed E-state index contributed by atoms with van der Waals surface area (Å²) < 4.78 is 41.6. The molecule has 0 aliphatic carbocycles. The van der Waals surface area contributed by atoms with Crippen LogP contribution in [0.1, 0.15) is 25.3 Å². The molecule has 2 rings (SSSR count). The highest BCUT2D eigenvalue weighted by atomic mass is 35.5. The van der Waals surface area contributed by atoms with Crippen molar-refractivity contribution in [1.29, 1.82) is 0 Å². The van der Waals surface area contributed by atoms with Crippen LogP contribution >= 0.6 is 24.8 Å². The van der Waals surface area contributed by atoms with Gasteiger partial charge in [-0.2, -0.15) is 13.2 Å². The molecule has 1 aliphatic heterocycles. The van der Waals surface area contributed by atoms with Crippen molar-refractivity contribution in [3.05, 3.63) is 23.8 Å². The van der Waals surface area contributed by atoms with E-state index in [9.17, 15) is 18.0 Å². The average Bonchev–Trinajstić information content (AvgIpc) is 2.54. The number of ether oxygens (including phenoxy) is 1. The van der Waals surface area contributed by atoms with Crippen molar-refractivity contribution in [2.24, 2.45) is 10.7 Å². The Morgan fingerprint density at radius 3 is 2.59 bits per heavy atom. The zero-order valence-corrected chi connectivity index (χ0v) is 16.3. The van der Waals surface area contributed by atoms with Gasteiger partial charge in [-0.25, -0.2) is 4.99 Å². The molecule has 1 aliphatic rings. The molecule has 1 aromatic rings. The molecular weight excluding hydrogens is 408 g/mol. The van der Waals surface area contributed by atoms with Crippen LogP contribution in [0, 0.1) is 0 Å². The van der Waals surface area contributed by atoms with E-state index in [1.165, 1.54) is 0 Å². The summed E-state index contributed by atoms with van der Waals surface area (Å²) >= 11 is 0. The molecule has 0 spiro atoms. The first-order chi connectivity index (χ1) is 11.8. The van der Waals surface area contributed by atoms with Crippen LogP contribution in [-0.4, -0.2) is 37.1 Å². The van der Waals surface area contributed by atoms with E-state index in [1.54, 1.807) is 0 Å². The minimum absolute atomic E-state index is 0. The smallest absolute Gasteiger partial charge is 0.471 e. The Labute approximate surface area is 167 Å². The predicted molar refractivity (Wildman–Crippen MR) is 102 cm³/mol. The molecule has 0 radical (unpaired) electrons. The molecule has 1 unspecified atom stereocenters. The molecule has 1 heterocycles. The zero-order chi connectivity index (χ0) is 18.4. The van der Waals surface area contributed by atoms with Gasteiger partial charge in [-0.05, 0) is 44.0 Å². The third kappa shape index (κ3) is 7.82. The van der Waals surface area contributed by atoms with Gasteiger partial charge in [0.25, 0.3) is 0 Å². The van der Waals surface area contributed by atoms with Crippen molar-refractivity contribution in [2.75, 3.05) is 13.1 Å². The van der Waals surface area contributed by atoms with Gasteiger partial charge in [-0.3, -0.25) is 4.79 Å². The summed E-state index contributed by atoms with van der Waals surface area (Å²) in [7, 11) is 0. The van der Waals surface area contributed by atoms with Gasteiger partial charge in [-0.15, -0.1) is 24.8 Å². The summed E-state index contributed by atoms with van der Waals surface area (Å²) in [5.74, 6) is -0.782. The highest BCUT2D eigenvalue weighted by molar-refractivity contribution is 5.89. The van der Waals surface area contributed by atoms with Crippen molar-refractivity contribution in [3.8, 4) is 5.75 Å². The number of amides is 1. The molecule has 4 N–H and O–H groups in total. The zero-order valence-electron chi connectivity index (χ0n) is 14.6. The summed E-state index contributed by atoms with van der Waals surface area (Å²) in [6.45, 7) is 3.04. The van der Waals surface area contributed by atoms with Gasteiger partial charge >= 0.3 is 12.1 Å². The number of halogens is 5. The Morgan fingerprint density at radius 1 is 1.26 bits per heavy atom. The number of unbranched alkanes of at least 4 members (excludes halogenated alkanes) is 1. The number of benzene rings is 1. The molecule has 1 amide bonds. The molecule has 0 aromatic heterocycles. The van der Waals surface area contributed by atoms with E-state index in [2.05, 4.69) is 10.3 Å². The Bertz CT molecular complexity index is 657. The largest absolute Gasteiger partial charge is 0.481 e. The van der Waals surface area contributed by atoms with Crippen LogP contribution in [0.2, 0.25) is 0 Å². The van der Waals surface area contributed by atoms with Crippen LogP contribution in [-0.2, 0) is 11.3 Å². The minimum atomic E-state index is -4.82. The van der Waals surface area contributed by atoms with Crippen LogP contribution < -0.4 is 21.1 Å².